The molecule has 0 spiro atoms. The SMILES string of the molecule is CCNc1cc(N(C)CCOC)nc(SC)n1. The minimum atomic E-state index is 0.686. The third-order valence-electron chi connectivity index (χ3n) is 2.25. The molecule has 0 aliphatic rings. The maximum atomic E-state index is 5.06. The maximum Gasteiger partial charge on any atom is 0.191 e. The minimum absolute atomic E-state index is 0.686. The van der Waals surface area contributed by atoms with Crippen molar-refractivity contribution in [2.24, 2.45) is 0 Å². The number of likely N-dealkylation sites (N-methyl/N-ethyl adjacent to an activating group) is 1. The molecule has 17 heavy (non-hydrogen) atoms. The van der Waals surface area contributed by atoms with E-state index < -0.39 is 0 Å². The Hall–Kier alpha value is -1.01. The zero-order valence-electron chi connectivity index (χ0n) is 10.9. The Bertz CT molecular complexity index is 348. The van der Waals surface area contributed by atoms with Crippen LogP contribution in [0.15, 0.2) is 11.2 Å². The van der Waals surface area contributed by atoms with Gasteiger partial charge in [0.15, 0.2) is 5.16 Å². The zero-order valence-corrected chi connectivity index (χ0v) is 11.7. The van der Waals surface area contributed by atoms with Gasteiger partial charge in [-0.25, -0.2) is 9.97 Å². The minimum Gasteiger partial charge on any atom is -0.383 e. The number of hydrogen-bond donors (Lipinski definition) is 1. The first-order valence-corrected chi connectivity index (χ1v) is 6.80. The molecule has 0 radical (unpaired) electrons. The summed E-state index contributed by atoms with van der Waals surface area (Å²) in [6.45, 7) is 4.40. The third kappa shape index (κ3) is 4.40. The van der Waals surface area contributed by atoms with Crippen LogP contribution in [0.25, 0.3) is 0 Å². The molecule has 5 nitrogen and oxygen atoms in total. The fraction of sp³-hybridized carbons (Fsp3) is 0.636. The number of thioether (sulfide) groups is 1. The second-order valence-electron chi connectivity index (χ2n) is 3.54. The average molecular weight is 256 g/mol. The highest BCUT2D eigenvalue weighted by Crippen LogP contribution is 2.19. The van der Waals surface area contributed by atoms with Gasteiger partial charge in [-0.15, -0.1) is 0 Å². The van der Waals surface area contributed by atoms with Crippen LogP contribution in [0.3, 0.4) is 0 Å². The molecule has 0 amide bonds. The molecule has 1 aromatic rings. The number of hydrogen-bond acceptors (Lipinski definition) is 6. The first-order valence-electron chi connectivity index (χ1n) is 5.58. The summed E-state index contributed by atoms with van der Waals surface area (Å²) >= 11 is 1.54. The quantitative estimate of drug-likeness (QED) is 0.592. The van der Waals surface area contributed by atoms with Crippen LogP contribution in [0, 0.1) is 0 Å². The molecule has 0 unspecified atom stereocenters. The van der Waals surface area contributed by atoms with Crippen molar-refractivity contribution in [3.8, 4) is 0 Å². The fourth-order valence-corrected chi connectivity index (χ4v) is 1.69. The predicted octanol–water partition coefficient (Wildman–Crippen LogP) is 1.71. The van der Waals surface area contributed by atoms with Gasteiger partial charge in [0.1, 0.15) is 11.6 Å². The Balaban J connectivity index is 2.85. The van der Waals surface area contributed by atoms with Crippen LogP contribution in [-0.2, 0) is 4.74 Å². The van der Waals surface area contributed by atoms with Crippen molar-refractivity contribution in [3.05, 3.63) is 6.07 Å². The first-order chi connectivity index (χ1) is 8.21. The largest absolute Gasteiger partial charge is 0.383 e. The van der Waals surface area contributed by atoms with E-state index in [0.717, 1.165) is 29.9 Å². The van der Waals surface area contributed by atoms with Gasteiger partial charge in [0.05, 0.1) is 6.61 Å². The molecule has 0 aliphatic carbocycles. The first kappa shape index (κ1) is 14.1. The van der Waals surface area contributed by atoms with Crippen molar-refractivity contribution >= 4 is 23.4 Å². The van der Waals surface area contributed by atoms with Crippen LogP contribution < -0.4 is 10.2 Å². The molecule has 6 heteroatoms. The topological polar surface area (TPSA) is 50.3 Å². The second kappa shape index (κ2) is 7.34. The summed E-state index contributed by atoms with van der Waals surface area (Å²) in [5, 5.41) is 3.99. The van der Waals surface area contributed by atoms with Gasteiger partial charge in [-0.1, -0.05) is 11.8 Å². The van der Waals surface area contributed by atoms with Crippen molar-refractivity contribution < 1.29 is 4.74 Å². The van der Waals surface area contributed by atoms with E-state index in [0.29, 0.717) is 6.61 Å². The summed E-state index contributed by atoms with van der Waals surface area (Å²) in [6, 6.07) is 1.96. The van der Waals surface area contributed by atoms with Gasteiger partial charge in [0.2, 0.25) is 0 Å². The molecule has 96 valence electrons. The molecular weight excluding hydrogens is 236 g/mol. The molecule has 0 aliphatic heterocycles. The van der Waals surface area contributed by atoms with Crippen molar-refractivity contribution in [2.45, 2.75) is 12.1 Å². The van der Waals surface area contributed by atoms with Gasteiger partial charge >= 0.3 is 0 Å². The van der Waals surface area contributed by atoms with Gasteiger partial charge in [-0.2, -0.15) is 0 Å². The van der Waals surface area contributed by atoms with Crippen LogP contribution in [0.4, 0.5) is 11.6 Å². The molecule has 0 saturated carbocycles. The smallest absolute Gasteiger partial charge is 0.191 e. The number of nitrogens with one attached hydrogen (secondary N) is 1. The Morgan fingerprint density at radius 1 is 1.47 bits per heavy atom. The predicted molar refractivity (Wildman–Crippen MR) is 73.1 cm³/mol. The van der Waals surface area contributed by atoms with Crippen molar-refractivity contribution in [1.29, 1.82) is 0 Å². The molecule has 0 aromatic carbocycles. The molecule has 1 aromatic heterocycles. The van der Waals surface area contributed by atoms with Gasteiger partial charge < -0.3 is 15.0 Å². The van der Waals surface area contributed by atoms with E-state index in [-0.39, 0.29) is 0 Å². The number of rotatable bonds is 7. The molecule has 0 fully saturated rings. The third-order valence-corrected chi connectivity index (χ3v) is 2.80. The average Bonchev–Trinajstić information content (AvgIpc) is 2.35. The monoisotopic (exact) mass is 256 g/mol. The summed E-state index contributed by atoms with van der Waals surface area (Å²) in [5.74, 6) is 1.78. The molecule has 1 heterocycles. The molecule has 1 rings (SSSR count). The normalized spacial score (nSPS) is 10.4. The second-order valence-corrected chi connectivity index (χ2v) is 4.32. The standard InChI is InChI=1S/C11H20N4OS/c1-5-12-9-8-10(14-11(13-9)17-4)15(2)6-7-16-3/h8H,5-7H2,1-4H3,(H,12,13,14). The number of methoxy groups -OCH3 is 1. The highest BCUT2D eigenvalue weighted by Gasteiger charge is 2.07. The van der Waals surface area contributed by atoms with Crippen LogP contribution >= 0.6 is 11.8 Å². The van der Waals surface area contributed by atoms with Crippen LogP contribution in [0.5, 0.6) is 0 Å². The molecular formula is C11H20N4OS. The molecule has 1 N–H and O–H groups in total. The van der Waals surface area contributed by atoms with E-state index in [4.69, 9.17) is 4.74 Å². The zero-order chi connectivity index (χ0) is 12.7. The highest BCUT2D eigenvalue weighted by atomic mass is 32.2. The van der Waals surface area contributed by atoms with E-state index in [1.807, 2.05) is 19.4 Å². The Morgan fingerprint density at radius 3 is 2.82 bits per heavy atom. The summed E-state index contributed by atoms with van der Waals surface area (Å²) in [5.41, 5.74) is 0. The van der Waals surface area contributed by atoms with Gasteiger partial charge in [-0.05, 0) is 13.2 Å². The van der Waals surface area contributed by atoms with Gasteiger partial charge in [0, 0.05) is 33.3 Å². The lowest BCUT2D eigenvalue weighted by molar-refractivity contribution is 0.206. The van der Waals surface area contributed by atoms with Gasteiger partial charge in [0.25, 0.3) is 0 Å². The van der Waals surface area contributed by atoms with E-state index >= 15 is 0 Å². The number of aromatic nitrogens is 2. The van der Waals surface area contributed by atoms with E-state index in [1.54, 1.807) is 18.9 Å². The lowest BCUT2D eigenvalue weighted by Gasteiger charge is -2.18. The van der Waals surface area contributed by atoms with E-state index in [9.17, 15) is 0 Å². The van der Waals surface area contributed by atoms with E-state index in [1.165, 1.54) is 0 Å². The fourth-order valence-electron chi connectivity index (χ4n) is 1.31. The number of anilines is 2. The van der Waals surface area contributed by atoms with Crippen molar-refractivity contribution in [2.75, 3.05) is 50.3 Å². The van der Waals surface area contributed by atoms with E-state index in [2.05, 4.69) is 27.1 Å². The number of ether oxygens (including phenoxy) is 1. The summed E-state index contributed by atoms with van der Waals surface area (Å²) in [6.07, 6.45) is 1.98. The molecule has 0 atom stereocenters. The summed E-state index contributed by atoms with van der Waals surface area (Å²) in [4.78, 5) is 10.9. The Morgan fingerprint density at radius 2 is 2.24 bits per heavy atom. The molecule has 0 saturated heterocycles. The Labute approximate surface area is 107 Å². The lowest BCUT2D eigenvalue weighted by atomic mass is 10.4. The van der Waals surface area contributed by atoms with Crippen molar-refractivity contribution in [1.82, 2.24) is 9.97 Å². The van der Waals surface area contributed by atoms with Gasteiger partial charge in [-0.3, -0.25) is 0 Å². The lowest BCUT2D eigenvalue weighted by Crippen LogP contribution is -2.23. The van der Waals surface area contributed by atoms with Crippen LogP contribution in [0.1, 0.15) is 6.92 Å². The maximum absolute atomic E-state index is 5.06. The molecule has 0 bridgehead atoms. The van der Waals surface area contributed by atoms with Crippen LogP contribution in [0.2, 0.25) is 0 Å². The highest BCUT2D eigenvalue weighted by molar-refractivity contribution is 7.98. The van der Waals surface area contributed by atoms with Crippen LogP contribution in [-0.4, -0.2) is 50.1 Å². The van der Waals surface area contributed by atoms with Crippen molar-refractivity contribution in [3.63, 3.8) is 0 Å². The Kier molecular flexibility index (Phi) is 6.07. The summed E-state index contributed by atoms with van der Waals surface area (Å²) in [7, 11) is 3.70. The summed E-state index contributed by atoms with van der Waals surface area (Å²) < 4.78 is 5.06. The number of nitrogens with zero attached hydrogens (tertiary/aromatic N) is 3.